The van der Waals surface area contributed by atoms with Gasteiger partial charge in [-0.15, -0.1) is 0 Å². The molecule has 1 aromatic carbocycles. The van der Waals surface area contributed by atoms with E-state index in [0.717, 1.165) is 29.3 Å². The second-order valence-electron chi connectivity index (χ2n) is 6.90. The van der Waals surface area contributed by atoms with Gasteiger partial charge in [0.15, 0.2) is 5.82 Å². The van der Waals surface area contributed by atoms with Crippen LogP contribution in [0.2, 0.25) is 5.02 Å². The minimum atomic E-state index is -0.0309. The second kappa shape index (κ2) is 6.70. The first-order valence-electron chi connectivity index (χ1n) is 8.38. The molecule has 0 bridgehead atoms. The summed E-state index contributed by atoms with van der Waals surface area (Å²) in [5.41, 5.74) is 1.52. The minimum absolute atomic E-state index is 0.0309. The standard InChI is InChI=1S/C18H21ClN2O2S/c1-24-11-18(7-8-18)10-15-20-17(23-21-15)14-6-9-22-16(14)12-2-4-13(19)5-3-12/h2-5,14,16H,6-11H2,1H3/t14-,16+/m1/s1. The molecule has 2 aromatic rings. The van der Waals surface area contributed by atoms with Gasteiger partial charge in [0.2, 0.25) is 5.89 Å². The predicted molar refractivity (Wildman–Crippen MR) is 95.6 cm³/mol. The Morgan fingerprint density at radius 3 is 2.79 bits per heavy atom. The highest BCUT2D eigenvalue weighted by Gasteiger charge is 2.43. The van der Waals surface area contributed by atoms with E-state index in [1.807, 2.05) is 36.0 Å². The molecule has 1 saturated heterocycles. The Morgan fingerprint density at radius 1 is 1.29 bits per heavy atom. The van der Waals surface area contributed by atoms with Gasteiger partial charge in [0, 0.05) is 18.1 Å². The molecule has 128 valence electrons. The van der Waals surface area contributed by atoms with E-state index in [1.165, 1.54) is 18.6 Å². The lowest BCUT2D eigenvalue weighted by atomic mass is 9.95. The van der Waals surface area contributed by atoms with E-state index in [0.29, 0.717) is 17.9 Å². The first-order chi connectivity index (χ1) is 11.7. The molecule has 4 rings (SSSR count). The van der Waals surface area contributed by atoms with Crippen molar-refractivity contribution in [3.05, 3.63) is 46.6 Å². The average molecular weight is 365 g/mol. The molecule has 2 heterocycles. The highest BCUT2D eigenvalue weighted by molar-refractivity contribution is 7.98. The van der Waals surface area contributed by atoms with E-state index < -0.39 is 0 Å². The molecular formula is C18H21ClN2O2S. The van der Waals surface area contributed by atoms with Crippen LogP contribution in [0.15, 0.2) is 28.8 Å². The number of rotatable bonds is 6. The Hall–Kier alpha value is -1.04. The summed E-state index contributed by atoms with van der Waals surface area (Å²) in [5, 5.41) is 4.97. The van der Waals surface area contributed by atoms with Crippen molar-refractivity contribution in [3.8, 4) is 0 Å². The second-order valence-corrected chi connectivity index (χ2v) is 8.20. The van der Waals surface area contributed by atoms with Gasteiger partial charge in [-0.25, -0.2) is 0 Å². The summed E-state index contributed by atoms with van der Waals surface area (Å²) in [4.78, 5) is 4.70. The Kier molecular flexibility index (Phi) is 4.58. The molecule has 1 aliphatic carbocycles. The molecule has 1 aromatic heterocycles. The number of ether oxygens (including phenoxy) is 1. The molecule has 2 fully saturated rings. The number of hydrogen-bond acceptors (Lipinski definition) is 5. The summed E-state index contributed by atoms with van der Waals surface area (Å²) in [7, 11) is 0. The maximum absolute atomic E-state index is 5.98. The van der Waals surface area contributed by atoms with Gasteiger partial charge in [0.1, 0.15) is 0 Å². The lowest BCUT2D eigenvalue weighted by molar-refractivity contribution is 0.0986. The quantitative estimate of drug-likeness (QED) is 0.746. The van der Waals surface area contributed by atoms with Crippen molar-refractivity contribution in [1.29, 1.82) is 0 Å². The van der Waals surface area contributed by atoms with Crippen LogP contribution in [-0.2, 0) is 11.2 Å². The van der Waals surface area contributed by atoms with Crippen molar-refractivity contribution in [1.82, 2.24) is 10.1 Å². The largest absolute Gasteiger partial charge is 0.373 e. The summed E-state index contributed by atoms with van der Waals surface area (Å²) in [6.07, 6.45) is 6.52. The number of nitrogens with zero attached hydrogens (tertiary/aromatic N) is 2. The van der Waals surface area contributed by atoms with Gasteiger partial charge in [-0.1, -0.05) is 28.9 Å². The summed E-state index contributed by atoms with van der Waals surface area (Å²) < 4.78 is 11.5. The van der Waals surface area contributed by atoms with Crippen LogP contribution < -0.4 is 0 Å². The number of aromatic nitrogens is 2. The van der Waals surface area contributed by atoms with Crippen molar-refractivity contribution in [2.75, 3.05) is 18.6 Å². The van der Waals surface area contributed by atoms with Gasteiger partial charge in [0.25, 0.3) is 0 Å². The molecule has 2 atom stereocenters. The van der Waals surface area contributed by atoms with Crippen molar-refractivity contribution in [2.45, 2.75) is 37.7 Å². The number of thioether (sulfide) groups is 1. The summed E-state index contributed by atoms with van der Waals surface area (Å²) >= 11 is 7.89. The van der Waals surface area contributed by atoms with Gasteiger partial charge < -0.3 is 9.26 Å². The maximum Gasteiger partial charge on any atom is 0.232 e. The van der Waals surface area contributed by atoms with E-state index in [1.54, 1.807) is 0 Å². The fourth-order valence-corrected chi connectivity index (χ4v) is 4.63. The van der Waals surface area contributed by atoms with Crippen LogP contribution in [0.3, 0.4) is 0 Å². The monoisotopic (exact) mass is 364 g/mol. The molecule has 4 nitrogen and oxygen atoms in total. The van der Waals surface area contributed by atoms with E-state index in [-0.39, 0.29) is 12.0 Å². The SMILES string of the molecule is CSCC1(Cc2noc([C@@H]3CCO[C@H]3c3ccc(Cl)cc3)n2)CC1. The molecule has 0 amide bonds. The minimum Gasteiger partial charge on any atom is -0.373 e. The zero-order chi connectivity index (χ0) is 16.6. The molecule has 0 N–H and O–H groups in total. The first kappa shape index (κ1) is 16.4. The van der Waals surface area contributed by atoms with Gasteiger partial charge >= 0.3 is 0 Å². The van der Waals surface area contributed by atoms with Gasteiger partial charge in [-0.05, 0) is 54.4 Å². The normalized spacial score (nSPS) is 25.1. The fourth-order valence-electron chi connectivity index (χ4n) is 3.50. The average Bonchev–Trinajstić information content (AvgIpc) is 3.00. The highest BCUT2D eigenvalue weighted by atomic mass is 35.5. The summed E-state index contributed by atoms with van der Waals surface area (Å²) in [5.74, 6) is 2.86. The third kappa shape index (κ3) is 3.35. The molecule has 1 aliphatic heterocycles. The maximum atomic E-state index is 5.98. The third-order valence-corrected chi connectivity index (χ3v) is 6.19. The van der Waals surface area contributed by atoms with Crippen molar-refractivity contribution >= 4 is 23.4 Å². The Labute approximate surface area is 151 Å². The molecule has 6 heteroatoms. The molecule has 0 spiro atoms. The topological polar surface area (TPSA) is 48.2 Å². The van der Waals surface area contributed by atoms with Crippen molar-refractivity contribution in [3.63, 3.8) is 0 Å². The molecule has 24 heavy (non-hydrogen) atoms. The Balaban J connectivity index is 1.50. The van der Waals surface area contributed by atoms with E-state index in [9.17, 15) is 0 Å². The number of benzene rings is 1. The predicted octanol–water partition coefficient (Wildman–Crippen LogP) is 4.65. The van der Waals surface area contributed by atoms with E-state index in [4.69, 9.17) is 25.8 Å². The lowest BCUT2D eigenvalue weighted by Gasteiger charge is -2.15. The van der Waals surface area contributed by atoms with Gasteiger partial charge in [-0.2, -0.15) is 16.7 Å². The smallest absolute Gasteiger partial charge is 0.232 e. The molecule has 0 radical (unpaired) electrons. The zero-order valence-corrected chi connectivity index (χ0v) is 15.3. The first-order valence-corrected chi connectivity index (χ1v) is 10.1. The van der Waals surface area contributed by atoms with Crippen LogP contribution in [0.25, 0.3) is 0 Å². The summed E-state index contributed by atoms with van der Waals surface area (Å²) in [6.45, 7) is 0.714. The van der Waals surface area contributed by atoms with Gasteiger partial charge in [-0.3, -0.25) is 0 Å². The Morgan fingerprint density at radius 2 is 2.08 bits per heavy atom. The van der Waals surface area contributed by atoms with Crippen LogP contribution in [0.4, 0.5) is 0 Å². The number of hydrogen-bond donors (Lipinski definition) is 0. The fraction of sp³-hybridized carbons (Fsp3) is 0.556. The van der Waals surface area contributed by atoms with Crippen molar-refractivity contribution < 1.29 is 9.26 Å². The van der Waals surface area contributed by atoms with E-state index >= 15 is 0 Å². The summed E-state index contributed by atoms with van der Waals surface area (Å²) in [6, 6.07) is 7.82. The highest BCUT2D eigenvalue weighted by Crippen LogP contribution is 2.50. The van der Waals surface area contributed by atoms with Crippen LogP contribution >= 0.6 is 23.4 Å². The number of halogens is 1. The van der Waals surface area contributed by atoms with Crippen LogP contribution in [0.5, 0.6) is 0 Å². The van der Waals surface area contributed by atoms with Crippen molar-refractivity contribution in [2.24, 2.45) is 5.41 Å². The molecule has 0 unspecified atom stereocenters. The van der Waals surface area contributed by atoms with E-state index in [2.05, 4.69) is 11.4 Å². The molecule has 1 saturated carbocycles. The van der Waals surface area contributed by atoms with Crippen LogP contribution in [0, 0.1) is 5.41 Å². The third-order valence-electron chi connectivity index (χ3n) is 5.03. The van der Waals surface area contributed by atoms with Gasteiger partial charge in [0.05, 0.1) is 12.0 Å². The lowest BCUT2D eigenvalue weighted by Crippen LogP contribution is -2.10. The molecular weight excluding hydrogens is 344 g/mol. The Bertz CT molecular complexity index is 699. The van der Waals surface area contributed by atoms with Crippen LogP contribution in [-0.4, -0.2) is 28.8 Å². The molecule has 2 aliphatic rings. The zero-order valence-electron chi connectivity index (χ0n) is 13.7. The van der Waals surface area contributed by atoms with Crippen LogP contribution in [0.1, 0.15) is 48.6 Å².